The summed E-state index contributed by atoms with van der Waals surface area (Å²) >= 11 is 3.27. The van der Waals surface area contributed by atoms with E-state index in [0.717, 1.165) is 23.1 Å². The summed E-state index contributed by atoms with van der Waals surface area (Å²) < 4.78 is 0.894. The van der Waals surface area contributed by atoms with Crippen LogP contribution in [0.1, 0.15) is 18.7 Å². The zero-order valence-corrected chi connectivity index (χ0v) is 9.95. The van der Waals surface area contributed by atoms with E-state index in [9.17, 15) is 0 Å². The van der Waals surface area contributed by atoms with Gasteiger partial charge in [-0.1, -0.05) is 0 Å². The van der Waals surface area contributed by atoms with Gasteiger partial charge in [-0.05, 0) is 28.8 Å². The SMILES string of the molecule is Cl.Cl.NC1(c2ncc(Br)cn2)CC1. The van der Waals surface area contributed by atoms with Crippen LogP contribution < -0.4 is 5.73 Å². The maximum Gasteiger partial charge on any atom is 0.148 e. The molecule has 6 heteroatoms. The van der Waals surface area contributed by atoms with Crippen LogP contribution in [0.15, 0.2) is 16.9 Å². The average molecular weight is 287 g/mol. The summed E-state index contributed by atoms with van der Waals surface area (Å²) in [5.74, 6) is 0.765. The van der Waals surface area contributed by atoms with Crippen molar-refractivity contribution in [2.45, 2.75) is 18.4 Å². The molecule has 1 aromatic heterocycles. The minimum atomic E-state index is -0.208. The molecule has 1 aliphatic carbocycles. The van der Waals surface area contributed by atoms with Gasteiger partial charge in [-0.3, -0.25) is 0 Å². The highest BCUT2D eigenvalue weighted by molar-refractivity contribution is 9.10. The number of halogens is 3. The lowest BCUT2D eigenvalue weighted by Gasteiger charge is -2.04. The first-order valence-electron chi connectivity index (χ1n) is 3.48. The second kappa shape index (κ2) is 4.55. The van der Waals surface area contributed by atoms with Gasteiger partial charge in [0.05, 0.1) is 10.0 Å². The molecule has 1 fully saturated rings. The third-order valence-corrected chi connectivity index (χ3v) is 2.26. The van der Waals surface area contributed by atoms with Crippen molar-refractivity contribution >= 4 is 40.7 Å². The van der Waals surface area contributed by atoms with Crippen LogP contribution in [-0.2, 0) is 5.54 Å². The molecule has 1 aromatic rings. The molecule has 0 aliphatic heterocycles. The lowest BCUT2D eigenvalue weighted by atomic mass is 10.3. The Balaban J connectivity index is 0.000000720. The van der Waals surface area contributed by atoms with Gasteiger partial charge in [-0.2, -0.15) is 0 Å². The average Bonchev–Trinajstić information content (AvgIpc) is 2.70. The predicted molar refractivity (Wildman–Crippen MR) is 59.3 cm³/mol. The van der Waals surface area contributed by atoms with Crippen LogP contribution in [-0.4, -0.2) is 9.97 Å². The molecule has 1 aliphatic rings. The van der Waals surface area contributed by atoms with Crippen LogP contribution in [0.3, 0.4) is 0 Å². The third kappa shape index (κ3) is 2.77. The van der Waals surface area contributed by atoms with Crippen molar-refractivity contribution in [2.24, 2.45) is 5.73 Å². The molecular weight excluding hydrogens is 277 g/mol. The van der Waals surface area contributed by atoms with Gasteiger partial charge in [0.2, 0.25) is 0 Å². The van der Waals surface area contributed by atoms with Gasteiger partial charge < -0.3 is 5.73 Å². The van der Waals surface area contributed by atoms with Gasteiger partial charge in [0, 0.05) is 12.4 Å². The van der Waals surface area contributed by atoms with Crippen molar-refractivity contribution in [1.82, 2.24) is 9.97 Å². The summed E-state index contributed by atoms with van der Waals surface area (Å²) in [5, 5.41) is 0. The highest BCUT2D eigenvalue weighted by Gasteiger charge is 2.42. The maximum absolute atomic E-state index is 5.88. The number of rotatable bonds is 1. The quantitative estimate of drug-likeness (QED) is 0.859. The molecule has 0 aromatic carbocycles. The fraction of sp³-hybridized carbons (Fsp3) is 0.429. The summed E-state index contributed by atoms with van der Waals surface area (Å²) in [6.07, 6.45) is 5.48. The normalized spacial score (nSPS) is 16.8. The van der Waals surface area contributed by atoms with E-state index in [4.69, 9.17) is 5.73 Å². The lowest BCUT2D eigenvalue weighted by Crippen LogP contribution is -2.21. The first-order valence-corrected chi connectivity index (χ1v) is 4.27. The molecule has 1 heterocycles. The van der Waals surface area contributed by atoms with E-state index < -0.39 is 0 Å². The van der Waals surface area contributed by atoms with Crippen LogP contribution in [0.2, 0.25) is 0 Å². The van der Waals surface area contributed by atoms with Crippen molar-refractivity contribution < 1.29 is 0 Å². The molecule has 0 amide bonds. The largest absolute Gasteiger partial charge is 0.319 e. The molecule has 0 unspecified atom stereocenters. The van der Waals surface area contributed by atoms with Gasteiger partial charge in [0.1, 0.15) is 5.82 Å². The fourth-order valence-corrected chi connectivity index (χ4v) is 1.13. The number of hydrogen-bond acceptors (Lipinski definition) is 3. The molecule has 2 N–H and O–H groups in total. The Morgan fingerprint density at radius 1 is 1.23 bits per heavy atom. The Kier molecular flexibility index (Phi) is 4.59. The zero-order valence-electron chi connectivity index (χ0n) is 6.74. The molecule has 3 nitrogen and oxygen atoms in total. The highest BCUT2D eigenvalue weighted by Crippen LogP contribution is 2.40. The van der Waals surface area contributed by atoms with Crippen LogP contribution in [0.5, 0.6) is 0 Å². The zero-order chi connectivity index (χ0) is 7.90. The molecule has 1 saturated carbocycles. The molecule has 0 saturated heterocycles. The second-order valence-corrected chi connectivity index (χ2v) is 3.80. The van der Waals surface area contributed by atoms with Crippen molar-refractivity contribution in [3.8, 4) is 0 Å². The van der Waals surface area contributed by atoms with E-state index in [1.54, 1.807) is 12.4 Å². The first kappa shape index (κ1) is 13.1. The van der Waals surface area contributed by atoms with Crippen molar-refractivity contribution in [3.05, 3.63) is 22.7 Å². The number of nitrogens with zero attached hydrogens (tertiary/aromatic N) is 2. The standard InChI is InChI=1S/C7H8BrN3.2ClH/c8-5-3-10-6(11-4-5)7(9)1-2-7;;/h3-4H,1-2,9H2;2*1H. The lowest BCUT2D eigenvalue weighted by molar-refractivity contribution is 0.670. The monoisotopic (exact) mass is 285 g/mol. The number of aromatic nitrogens is 2. The van der Waals surface area contributed by atoms with Crippen LogP contribution in [0.25, 0.3) is 0 Å². The highest BCUT2D eigenvalue weighted by atomic mass is 79.9. The smallest absolute Gasteiger partial charge is 0.148 e. The minimum absolute atomic E-state index is 0. The van der Waals surface area contributed by atoms with E-state index in [0.29, 0.717) is 0 Å². The number of hydrogen-bond donors (Lipinski definition) is 1. The first-order chi connectivity index (χ1) is 5.21. The van der Waals surface area contributed by atoms with Gasteiger partial charge in [-0.25, -0.2) is 9.97 Å². The van der Waals surface area contributed by atoms with E-state index in [2.05, 4.69) is 25.9 Å². The Morgan fingerprint density at radius 3 is 2.08 bits per heavy atom. The summed E-state index contributed by atoms with van der Waals surface area (Å²) in [7, 11) is 0. The molecule has 0 atom stereocenters. The van der Waals surface area contributed by atoms with Crippen molar-refractivity contribution in [1.29, 1.82) is 0 Å². The van der Waals surface area contributed by atoms with E-state index in [1.807, 2.05) is 0 Å². The summed E-state index contributed by atoms with van der Waals surface area (Å²) in [4.78, 5) is 8.26. The molecule has 0 spiro atoms. The molecule has 13 heavy (non-hydrogen) atoms. The Bertz CT molecular complexity index is 274. The van der Waals surface area contributed by atoms with Gasteiger partial charge in [-0.15, -0.1) is 24.8 Å². The van der Waals surface area contributed by atoms with E-state index in [1.165, 1.54) is 0 Å². The second-order valence-electron chi connectivity index (χ2n) is 2.88. The van der Waals surface area contributed by atoms with Gasteiger partial charge in [0.25, 0.3) is 0 Å². The van der Waals surface area contributed by atoms with E-state index in [-0.39, 0.29) is 30.4 Å². The topological polar surface area (TPSA) is 51.8 Å². The van der Waals surface area contributed by atoms with Crippen LogP contribution >= 0.6 is 40.7 Å². The molecular formula is C7H10BrCl2N3. The van der Waals surface area contributed by atoms with E-state index >= 15 is 0 Å². The summed E-state index contributed by atoms with van der Waals surface area (Å²) in [6, 6.07) is 0. The molecule has 74 valence electrons. The Hall–Kier alpha value is 0.1000. The predicted octanol–water partition coefficient (Wildman–Crippen LogP) is 2.03. The molecule has 0 radical (unpaired) electrons. The minimum Gasteiger partial charge on any atom is -0.319 e. The van der Waals surface area contributed by atoms with Crippen LogP contribution in [0.4, 0.5) is 0 Å². The van der Waals surface area contributed by atoms with Crippen molar-refractivity contribution in [3.63, 3.8) is 0 Å². The van der Waals surface area contributed by atoms with Gasteiger partial charge in [0.15, 0.2) is 0 Å². The third-order valence-electron chi connectivity index (χ3n) is 1.85. The van der Waals surface area contributed by atoms with Crippen molar-refractivity contribution in [2.75, 3.05) is 0 Å². The summed E-state index contributed by atoms with van der Waals surface area (Å²) in [6.45, 7) is 0. The van der Waals surface area contributed by atoms with Crippen LogP contribution in [0, 0.1) is 0 Å². The van der Waals surface area contributed by atoms with Gasteiger partial charge >= 0.3 is 0 Å². The maximum atomic E-state index is 5.88. The number of nitrogens with two attached hydrogens (primary N) is 1. The Morgan fingerprint density at radius 2 is 1.69 bits per heavy atom. The fourth-order valence-electron chi connectivity index (χ4n) is 0.928. The summed E-state index contributed by atoms with van der Waals surface area (Å²) in [5.41, 5.74) is 5.67. The Labute approximate surface area is 97.5 Å². The molecule has 2 rings (SSSR count). The molecule has 0 bridgehead atoms.